The Kier molecular flexibility index (Phi) is 5.67. The Morgan fingerprint density at radius 1 is 1.00 bits per heavy atom. The largest absolute Gasteiger partial charge is 0.349 e. The third kappa shape index (κ3) is 3.74. The van der Waals surface area contributed by atoms with E-state index >= 15 is 0 Å². The van der Waals surface area contributed by atoms with Gasteiger partial charge in [-0.2, -0.15) is 0 Å². The number of hydrogen-bond acceptors (Lipinski definition) is 1. The van der Waals surface area contributed by atoms with Crippen LogP contribution in [0.1, 0.15) is 88.9 Å². The Balaban J connectivity index is 1.28. The molecule has 3 heteroatoms. The highest BCUT2D eigenvalue weighted by atomic mass is 19.1. The number of nitrogens with one attached hydrogen (secondary N) is 1. The van der Waals surface area contributed by atoms with Crippen molar-refractivity contribution in [2.24, 2.45) is 46.8 Å². The van der Waals surface area contributed by atoms with Crippen molar-refractivity contribution in [3.05, 3.63) is 35.6 Å². The summed E-state index contributed by atoms with van der Waals surface area (Å²) in [6.45, 7) is 7.20. The molecule has 170 valence electrons. The van der Waals surface area contributed by atoms with Crippen LogP contribution < -0.4 is 5.32 Å². The van der Waals surface area contributed by atoms with E-state index in [0.717, 1.165) is 35.5 Å². The summed E-state index contributed by atoms with van der Waals surface area (Å²) < 4.78 is 13.2. The highest BCUT2D eigenvalue weighted by molar-refractivity contribution is 5.94. The summed E-state index contributed by atoms with van der Waals surface area (Å²) in [5, 5.41) is 3.28. The lowest BCUT2D eigenvalue weighted by molar-refractivity contribution is -0.0698. The van der Waals surface area contributed by atoms with Gasteiger partial charge in [0.2, 0.25) is 0 Å². The fourth-order valence-corrected chi connectivity index (χ4v) is 8.94. The smallest absolute Gasteiger partial charge is 0.251 e. The van der Waals surface area contributed by atoms with E-state index in [1.54, 1.807) is 12.1 Å². The number of carbonyl (C=O) groups is 1. The summed E-state index contributed by atoms with van der Waals surface area (Å²) in [7, 11) is 0. The number of hydrogen-bond donors (Lipinski definition) is 1. The van der Waals surface area contributed by atoms with Crippen LogP contribution in [0.4, 0.5) is 4.39 Å². The molecule has 5 rings (SSSR count). The van der Waals surface area contributed by atoms with Gasteiger partial charge in [-0.15, -0.1) is 0 Å². The van der Waals surface area contributed by atoms with Crippen LogP contribution in [-0.2, 0) is 0 Å². The average Bonchev–Trinajstić information content (AvgIpc) is 3.11. The van der Waals surface area contributed by atoms with Crippen LogP contribution >= 0.6 is 0 Å². The van der Waals surface area contributed by atoms with Gasteiger partial charge in [0.05, 0.1) is 0 Å². The predicted molar refractivity (Wildman–Crippen MR) is 123 cm³/mol. The summed E-state index contributed by atoms with van der Waals surface area (Å²) in [5.41, 5.74) is 0.910. The Morgan fingerprint density at radius 2 is 1.74 bits per heavy atom. The first-order valence-electron chi connectivity index (χ1n) is 12.9. The van der Waals surface area contributed by atoms with Crippen molar-refractivity contribution in [1.82, 2.24) is 5.32 Å². The summed E-state index contributed by atoms with van der Waals surface area (Å²) in [4.78, 5) is 12.8. The van der Waals surface area contributed by atoms with Gasteiger partial charge < -0.3 is 5.32 Å². The molecule has 4 fully saturated rings. The van der Waals surface area contributed by atoms with Crippen molar-refractivity contribution in [2.75, 3.05) is 0 Å². The Labute approximate surface area is 187 Å². The molecule has 3 unspecified atom stereocenters. The number of fused-ring (bicyclic) bond motifs is 5. The molecule has 4 saturated carbocycles. The molecular weight excluding hydrogens is 385 g/mol. The van der Waals surface area contributed by atoms with E-state index in [9.17, 15) is 9.18 Å². The Morgan fingerprint density at radius 3 is 2.52 bits per heavy atom. The minimum absolute atomic E-state index is 0.0648. The lowest BCUT2D eigenvalue weighted by Gasteiger charge is -2.56. The number of benzene rings is 1. The summed E-state index contributed by atoms with van der Waals surface area (Å²) >= 11 is 0. The second-order valence-corrected chi connectivity index (χ2v) is 11.9. The first-order chi connectivity index (χ1) is 14.9. The summed E-state index contributed by atoms with van der Waals surface area (Å²) in [6, 6.07) is 6.08. The topological polar surface area (TPSA) is 29.1 Å². The van der Waals surface area contributed by atoms with Crippen LogP contribution in [-0.4, -0.2) is 11.9 Å². The minimum Gasteiger partial charge on any atom is -0.349 e. The van der Waals surface area contributed by atoms with Gasteiger partial charge in [-0.3, -0.25) is 4.79 Å². The monoisotopic (exact) mass is 425 g/mol. The molecule has 0 radical (unpaired) electrons. The van der Waals surface area contributed by atoms with E-state index in [4.69, 9.17) is 0 Å². The molecule has 0 spiro atoms. The van der Waals surface area contributed by atoms with Gasteiger partial charge in [0.15, 0.2) is 0 Å². The van der Waals surface area contributed by atoms with Crippen molar-refractivity contribution < 1.29 is 9.18 Å². The minimum atomic E-state index is -0.297. The zero-order valence-electron chi connectivity index (χ0n) is 19.6. The van der Waals surface area contributed by atoms with E-state index in [2.05, 4.69) is 26.1 Å². The fourth-order valence-electron chi connectivity index (χ4n) is 8.94. The van der Waals surface area contributed by atoms with Crippen LogP contribution in [0.2, 0.25) is 0 Å². The molecule has 1 aromatic rings. The van der Waals surface area contributed by atoms with Crippen molar-refractivity contribution in [1.29, 1.82) is 0 Å². The predicted octanol–water partition coefficient (Wildman–Crippen LogP) is 6.85. The normalized spacial score (nSPS) is 42.8. The average molecular weight is 426 g/mol. The van der Waals surface area contributed by atoms with Crippen molar-refractivity contribution in [3.63, 3.8) is 0 Å². The highest BCUT2D eigenvalue weighted by Gasteiger charge is 2.57. The lowest BCUT2D eigenvalue weighted by atomic mass is 9.49. The molecule has 31 heavy (non-hydrogen) atoms. The van der Waals surface area contributed by atoms with E-state index in [0.29, 0.717) is 16.9 Å². The molecule has 9 atom stereocenters. The number of amides is 1. The number of halogens is 1. The molecule has 1 amide bonds. The van der Waals surface area contributed by atoms with Crippen LogP contribution in [0.25, 0.3) is 0 Å². The second kappa shape index (κ2) is 8.19. The standard InChI is InChI=1S/C28H40FNO/c1-17-4-10-22-20(16-17)7-11-24-23(22)14-15-28(3)25(12-13-26(24)28)18(2)30-27(31)19-5-8-21(29)9-6-19/h5-6,8-9,17-18,20,22-26H,4,7,10-16H2,1-3H3,(H,30,31)/t17-,18+,20+,22-,23?,24+,25?,26?,28+/m0/s1. The van der Waals surface area contributed by atoms with Gasteiger partial charge in [0.1, 0.15) is 5.82 Å². The quantitative estimate of drug-likeness (QED) is 0.564. The maximum Gasteiger partial charge on any atom is 0.251 e. The first-order valence-corrected chi connectivity index (χ1v) is 12.9. The van der Waals surface area contributed by atoms with Crippen LogP contribution in [0.15, 0.2) is 24.3 Å². The van der Waals surface area contributed by atoms with Gasteiger partial charge in [0.25, 0.3) is 5.91 Å². The van der Waals surface area contributed by atoms with Crippen LogP contribution in [0, 0.1) is 52.7 Å². The van der Waals surface area contributed by atoms with Gasteiger partial charge in [-0.1, -0.05) is 20.3 Å². The number of carbonyl (C=O) groups excluding carboxylic acids is 1. The third-order valence-electron chi connectivity index (χ3n) is 10.4. The first kappa shape index (κ1) is 21.5. The van der Waals surface area contributed by atoms with Gasteiger partial charge in [-0.05, 0) is 129 Å². The van der Waals surface area contributed by atoms with Gasteiger partial charge in [0, 0.05) is 11.6 Å². The lowest BCUT2D eigenvalue weighted by Crippen LogP contribution is -2.51. The van der Waals surface area contributed by atoms with E-state index in [1.807, 2.05) is 0 Å². The molecular formula is C28H40FNO. The highest BCUT2D eigenvalue weighted by Crippen LogP contribution is 2.64. The Hall–Kier alpha value is -1.38. The molecule has 0 aromatic heterocycles. The van der Waals surface area contributed by atoms with Crippen molar-refractivity contribution >= 4 is 5.91 Å². The molecule has 0 aliphatic heterocycles. The van der Waals surface area contributed by atoms with Gasteiger partial charge in [-0.25, -0.2) is 4.39 Å². The second-order valence-electron chi connectivity index (χ2n) is 11.9. The van der Waals surface area contributed by atoms with E-state index in [-0.39, 0.29) is 17.8 Å². The molecule has 2 nitrogen and oxygen atoms in total. The summed E-state index contributed by atoms with van der Waals surface area (Å²) in [6.07, 6.45) is 12.6. The molecule has 0 saturated heterocycles. The van der Waals surface area contributed by atoms with E-state index in [1.165, 1.54) is 69.9 Å². The third-order valence-corrected chi connectivity index (χ3v) is 10.4. The molecule has 1 N–H and O–H groups in total. The zero-order valence-corrected chi connectivity index (χ0v) is 19.6. The molecule has 4 aliphatic carbocycles. The zero-order chi connectivity index (χ0) is 21.8. The SMILES string of the molecule is C[C@H]1CC[C@@H]2C3CC[C@@]4(C)C(CCC4[C@@H](C)NC(=O)c4ccc(F)cc4)[C@@H]3CC[C@@H]2C1. The Bertz CT molecular complexity index is 806. The van der Waals surface area contributed by atoms with Crippen LogP contribution in [0.5, 0.6) is 0 Å². The van der Waals surface area contributed by atoms with Crippen LogP contribution in [0.3, 0.4) is 0 Å². The maximum absolute atomic E-state index is 13.2. The van der Waals surface area contributed by atoms with Crippen molar-refractivity contribution in [3.8, 4) is 0 Å². The van der Waals surface area contributed by atoms with Gasteiger partial charge >= 0.3 is 0 Å². The summed E-state index contributed by atoms with van der Waals surface area (Å²) in [5.74, 6) is 5.83. The molecule has 1 aromatic carbocycles. The maximum atomic E-state index is 13.2. The molecule has 0 bridgehead atoms. The van der Waals surface area contributed by atoms with Crippen molar-refractivity contribution in [2.45, 2.75) is 84.6 Å². The molecule has 4 aliphatic rings. The fraction of sp³-hybridized carbons (Fsp3) is 0.750. The number of rotatable bonds is 3. The molecule has 0 heterocycles. The van der Waals surface area contributed by atoms with E-state index < -0.39 is 0 Å².